The smallest absolute Gasteiger partial charge is 0.175 e. The van der Waals surface area contributed by atoms with E-state index in [1.165, 1.54) is 5.56 Å². The van der Waals surface area contributed by atoms with Crippen molar-refractivity contribution in [1.29, 1.82) is 0 Å². The first kappa shape index (κ1) is 24.9. The second kappa shape index (κ2) is 12.5. The molecule has 0 heterocycles. The predicted octanol–water partition coefficient (Wildman–Crippen LogP) is 7.84. The first-order chi connectivity index (χ1) is 15.5. The Morgan fingerprint density at radius 1 is 0.969 bits per heavy atom. The van der Waals surface area contributed by atoms with Gasteiger partial charge in [0.15, 0.2) is 11.5 Å². The molecular weight excluding hydrogens is 509 g/mol. The van der Waals surface area contributed by atoms with E-state index in [-0.39, 0.29) is 0 Å². The fraction of sp³-hybridized carbons (Fsp3) is 0.308. The van der Waals surface area contributed by atoms with E-state index in [4.69, 9.17) is 32.7 Å². The lowest BCUT2D eigenvalue weighted by Gasteiger charge is -2.18. The van der Waals surface area contributed by atoms with Crippen LogP contribution >= 0.6 is 39.1 Å². The van der Waals surface area contributed by atoms with Crippen molar-refractivity contribution in [1.82, 2.24) is 5.32 Å². The molecule has 0 saturated carbocycles. The minimum atomic E-state index is 0.322. The van der Waals surface area contributed by atoms with Gasteiger partial charge in [0, 0.05) is 28.2 Å². The zero-order valence-corrected chi connectivity index (χ0v) is 21.4. The molecule has 1 unspecified atom stereocenters. The van der Waals surface area contributed by atoms with Crippen LogP contribution in [0.5, 0.6) is 11.5 Å². The van der Waals surface area contributed by atoms with Gasteiger partial charge in [-0.25, -0.2) is 0 Å². The first-order valence-corrected chi connectivity index (χ1v) is 12.3. The lowest BCUT2D eigenvalue weighted by atomic mass is 10.1. The van der Waals surface area contributed by atoms with Crippen LogP contribution in [0.4, 0.5) is 0 Å². The van der Waals surface area contributed by atoms with Gasteiger partial charge in [0.25, 0.3) is 0 Å². The molecule has 0 bridgehead atoms. The molecule has 3 nitrogen and oxygen atoms in total. The molecule has 0 aliphatic rings. The summed E-state index contributed by atoms with van der Waals surface area (Å²) in [6.07, 6.45) is 2.13. The van der Waals surface area contributed by atoms with Crippen molar-refractivity contribution < 1.29 is 9.47 Å². The summed E-state index contributed by atoms with van der Waals surface area (Å²) < 4.78 is 12.8. The quantitative estimate of drug-likeness (QED) is 0.270. The normalized spacial score (nSPS) is 11.9. The van der Waals surface area contributed by atoms with Crippen LogP contribution in [0.15, 0.2) is 65.1 Å². The number of benzene rings is 3. The number of rotatable bonds is 11. The summed E-state index contributed by atoms with van der Waals surface area (Å²) in [6, 6.07) is 20.5. The number of hydrogen-bond acceptors (Lipinski definition) is 3. The Morgan fingerprint density at radius 3 is 2.47 bits per heavy atom. The standard InChI is InChI=1S/C26H28BrCl2NO2/c1-3-31-25-14-20(16-30-18(2)9-10-19-7-5-4-6-8-19)13-23(27)26(25)32-17-21-11-12-22(28)15-24(21)29/h4-8,11-15,18,30H,3,9-10,16-17H2,1-2H3. The van der Waals surface area contributed by atoms with Crippen molar-refractivity contribution in [3.05, 3.63) is 91.9 Å². The molecule has 3 aromatic carbocycles. The summed E-state index contributed by atoms with van der Waals surface area (Å²) in [6.45, 7) is 5.80. The lowest BCUT2D eigenvalue weighted by Crippen LogP contribution is -2.26. The maximum atomic E-state index is 6.28. The summed E-state index contributed by atoms with van der Waals surface area (Å²) in [5, 5.41) is 4.79. The molecule has 0 saturated heterocycles. The monoisotopic (exact) mass is 535 g/mol. The minimum absolute atomic E-state index is 0.322. The van der Waals surface area contributed by atoms with E-state index in [2.05, 4.69) is 64.6 Å². The number of nitrogens with one attached hydrogen (secondary N) is 1. The molecule has 0 aliphatic heterocycles. The van der Waals surface area contributed by atoms with Gasteiger partial charge in [0.1, 0.15) is 6.61 Å². The Bertz CT molecular complexity index is 1010. The highest BCUT2D eigenvalue weighted by atomic mass is 79.9. The first-order valence-electron chi connectivity index (χ1n) is 10.8. The molecule has 32 heavy (non-hydrogen) atoms. The van der Waals surface area contributed by atoms with Crippen LogP contribution in [-0.2, 0) is 19.6 Å². The Labute approximate surface area is 209 Å². The van der Waals surface area contributed by atoms with Crippen molar-refractivity contribution in [2.75, 3.05) is 6.61 Å². The largest absolute Gasteiger partial charge is 0.490 e. The molecule has 0 amide bonds. The second-order valence-electron chi connectivity index (χ2n) is 7.67. The highest BCUT2D eigenvalue weighted by molar-refractivity contribution is 9.10. The molecule has 0 aliphatic carbocycles. The van der Waals surface area contributed by atoms with Gasteiger partial charge < -0.3 is 14.8 Å². The number of hydrogen-bond donors (Lipinski definition) is 1. The number of ether oxygens (including phenoxy) is 2. The van der Waals surface area contributed by atoms with E-state index >= 15 is 0 Å². The third-order valence-corrected chi connectivity index (χ3v) is 6.30. The molecule has 3 rings (SSSR count). The SMILES string of the molecule is CCOc1cc(CNC(C)CCc2ccccc2)cc(Br)c1OCc1ccc(Cl)cc1Cl. The average molecular weight is 537 g/mol. The van der Waals surface area contributed by atoms with Gasteiger partial charge in [-0.05, 0) is 78.0 Å². The summed E-state index contributed by atoms with van der Waals surface area (Å²) in [7, 11) is 0. The highest BCUT2D eigenvalue weighted by Gasteiger charge is 2.14. The van der Waals surface area contributed by atoms with Crippen molar-refractivity contribution in [2.45, 2.75) is 45.9 Å². The molecule has 3 aromatic rings. The Hall–Kier alpha value is -1.72. The van der Waals surface area contributed by atoms with Crippen molar-refractivity contribution in [3.8, 4) is 11.5 Å². The molecule has 170 valence electrons. The van der Waals surface area contributed by atoms with E-state index in [0.717, 1.165) is 35.0 Å². The van der Waals surface area contributed by atoms with Crippen LogP contribution in [0.2, 0.25) is 10.0 Å². The van der Waals surface area contributed by atoms with Crippen LogP contribution in [-0.4, -0.2) is 12.6 Å². The lowest BCUT2D eigenvalue weighted by molar-refractivity contribution is 0.267. The second-order valence-corrected chi connectivity index (χ2v) is 9.37. The zero-order chi connectivity index (χ0) is 22.9. The van der Waals surface area contributed by atoms with Crippen molar-refractivity contribution >= 4 is 39.1 Å². The zero-order valence-electron chi connectivity index (χ0n) is 18.3. The van der Waals surface area contributed by atoms with Crippen LogP contribution in [0.3, 0.4) is 0 Å². The van der Waals surface area contributed by atoms with Crippen molar-refractivity contribution in [3.63, 3.8) is 0 Å². The molecular formula is C26H28BrCl2NO2. The van der Waals surface area contributed by atoms with E-state index in [9.17, 15) is 0 Å². The number of aryl methyl sites for hydroxylation is 1. The van der Waals surface area contributed by atoms with Gasteiger partial charge in [-0.1, -0.05) is 59.6 Å². The van der Waals surface area contributed by atoms with Gasteiger partial charge in [0.05, 0.1) is 11.1 Å². The molecule has 0 aromatic heterocycles. The summed E-state index contributed by atoms with van der Waals surface area (Å²) in [5.41, 5.74) is 3.36. The molecule has 0 radical (unpaired) electrons. The molecule has 1 N–H and O–H groups in total. The van der Waals surface area contributed by atoms with Crippen LogP contribution in [0.1, 0.15) is 37.0 Å². The Balaban J connectivity index is 1.62. The third-order valence-electron chi connectivity index (χ3n) is 5.12. The van der Waals surface area contributed by atoms with Gasteiger partial charge >= 0.3 is 0 Å². The minimum Gasteiger partial charge on any atom is -0.490 e. The topological polar surface area (TPSA) is 30.5 Å². The molecule has 1 atom stereocenters. The van der Waals surface area contributed by atoms with E-state index in [1.807, 2.05) is 19.1 Å². The van der Waals surface area contributed by atoms with Crippen LogP contribution in [0, 0.1) is 0 Å². The molecule has 6 heteroatoms. The predicted molar refractivity (Wildman–Crippen MR) is 137 cm³/mol. The van der Waals surface area contributed by atoms with Crippen LogP contribution < -0.4 is 14.8 Å². The number of halogens is 3. The van der Waals surface area contributed by atoms with Crippen molar-refractivity contribution in [2.24, 2.45) is 0 Å². The maximum Gasteiger partial charge on any atom is 0.175 e. The fourth-order valence-corrected chi connectivity index (χ4v) is 4.40. The van der Waals surface area contributed by atoms with Gasteiger partial charge in [-0.3, -0.25) is 0 Å². The van der Waals surface area contributed by atoms with Gasteiger partial charge in [-0.15, -0.1) is 0 Å². The summed E-state index contributed by atoms with van der Waals surface area (Å²) >= 11 is 15.9. The maximum absolute atomic E-state index is 6.28. The van der Waals surface area contributed by atoms with E-state index < -0.39 is 0 Å². The summed E-state index contributed by atoms with van der Waals surface area (Å²) in [4.78, 5) is 0. The third kappa shape index (κ3) is 7.41. The van der Waals surface area contributed by atoms with Crippen LogP contribution in [0.25, 0.3) is 0 Å². The van der Waals surface area contributed by atoms with E-state index in [1.54, 1.807) is 12.1 Å². The van der Waals surface area contributed by atoms with E-state index in [0.29, 0.717) is 40.8 Å². The van der Waals surface area contributed by atoms with Gasteiger partial charge in [0.2, 0.25) is 0 Å². The molecule has 0 spiro atoms. The highest BCUT2D eigenvalue weighted by Crippen LogP contribution is 2.38. The Kier molecular flexibility index (Phi) is 9.73. The van der Waals surface area contributed by atoms with Gasteiger partial charge in [-0.2, -0.15) is 0 Å². The molecule has 0 fully saturated rings. The Morgan fingerprint density at radius 2 is 1.75 bits per heavy atom. The average Bonchev–Trinajstić information content (AvgIpc) is 2.78. The summed E-state index contributed by atoms with van der Waals surface area (Å²) in [5.74, 6) is 1.37. The fourth-order valence-electron chi connectivity index (χ4n) is 3.34.